The molecule has 0 amide bonds. The fraction of sp³-hybridized carbons (Fsp3) is 0.105. The summed E-state index contributed by atoms with van der Waals surface area (Å²) in [6.45, 7) is 3.90. The summed E-state index contributed by atoms with van der Waals surface area (Å²) in [6.07, 6.45) is 3.86. The number of allylic oxidation sites excluding steroid dienone is 1. The molecule has 1 heterocycles. The van der Waals surface area contributed by atoms with Crippen LogP contribution in [0.15, 0.2) is 66.3 Å². The van der Waals surface area contributed by atoms with E-state index in [2.05, 4.69) is 21.9 Å². The van der Waals surface area contributed by atoms with Crippen molar-refractivity contribution in [3.8, 4) is 11.5 Å². The summed E-state index contributed by atoms with van der Waals surface area (Å²) < 4.78 is 7.50. The minimum Gasteiger partial charge on any atom is -0.507 e. The van der Waals surface area contributed by atoms with Crippen molar-refractivity contribution >= 4 is 18.4 Å². The number of hydrogen-bond donors (Lipinski definition) is 2. The fourth-order valence-electron chi connectivity index (χ4n) is 2.36. The standard InChI is InChI=1S/C19H18N4O2S/c1-2-7-14-8-6-9-15(18(14)24)12-20-23-17(21-22-19(23)26)13-25-16-10-4-3-5-11-16/h2-6,8-12,24H,1,7,13H2,(H,22,26). The predicted octanol–water partition coefficient (Wildman–Crippen LogP) is 3.84. The highest BCUT2D eigenvalue weighted by molar-refractivity contribution is 7.71. The molecule has 0 fully saturated rings. The molecular formula is C19H18N4O2S. The van der Waals surface area contributed by atoms with Gasteiger partial charge in [0.05, 0.1) is 6.21 Å². The van der Waals surface area contributed by atoms with Gasteiger partial charge in [-0.15, -0.1) is 6.58 Å². The first-order valence-corrected chi connectivity index (χ1v) is 8.40. The first-order valence-electron chi connectivity index (χ1n) is 7.99. The summed E-state index contributed by atoms with van der Waals surface area (Å²) in [5.74, 6) is 1.43. The summed E-state index contributed by atoms with van der Waals surface area (Å²) in [6, 6.07) is 14.9. The molecule has 0 aliphatic rings. The average Bonchev–Trinajstić information content (AvgIpc) is 3.01. The van der Waals surface area contributed by atoms with E-state index in [4.69, 9.17) is 17.0 Å². The SMILES string of the molecule is C=CCc1cccc(C=Nn2c(COc3ccccc3)n[nH]c2=S)c1O. The van der Waals surface area contributed by atoms with E-state index in [0.717, 1.165) is 11.3 Å². The molecule has 0 aliphatic carbocycles. The second kappa shape index (κ2) is 8.26. The summed E-state index contributed by atoms with van der Waals surface area (Å²) in [5, 5.41) is 21.5. The van der Waals surface area contributed by atoms with Crippen molar-refractivity contribution in [1.29, 1.82) is 0 Å². The largest absolute Gasteiger partial charge is 0.507 e. The lowest BCUT2D eigenvalue weighted by Gasteiger charge is -2.06. The summed E-state index contributed by atoms with van der Waals surface area (Å²) in [5.41, 5.74) is 1.37. The van der Waals surface area contributed by atoms with Crippen molar-refractivity contribution in [2.45, 2.75) is 13.0 Å². The molecule has 0 radical (unpaired) electrons. The Kier molecular flexibility index (Phi) is 5.60. The zero-order valence-corrected chi connectivity index (χ0v) is 14.8. The van der Waals surface area contributed by atoms with Gasteiger partial charge in [-0.25, -0.2) is 5.10 Å². The molecule has 0 saturated carbocycles. The van der Waals surface area contributed by atoms with Crippen LogP contribution < -0.4 is 4.74 Å². The molecule has 3 rings (SSSR count). The van der Waals surface area contributed by atoms with E-state index in [1.165, 1.54) is 4.68 Å². The van der Waals surface area contributed by atoms with Gasteiger partial charge in [-0.1, -0.05) is 36.4 Å². The molecular weight excluding hydrogens is 348 g/mol. The van der Waals surface area contributed by atoms with Gasteiger partial charge in [0.15, 0.2) is 5.82 Å². The van der Waals surface area contributed by atoms with Gasteiger partial charge < -0.3 is 9.84 Å². The van der Waals surface area contributed by atoms with Crippen LogP contribution in [0.3, 0.4) is 0 Å². The molecule has 7 heteroatoms. The molecule has 1 aromatic heterocycles. The number of benzene rings is 2. The van der Waals surface area contributed by atoms with Gasteiger partial charge in [-0.2, -0.15) is 14.9 Å². The molecule has 0 spiro atoms. The van der Waals surface area contributed by atoms with Crippen LogP contribution in [0, 0.1) is 4.77 Å². The van der Waals surface area contributed by atoms with Crippen LogP contribution >= 0.6 is 12.2 Å². The van der Waals surface area contributed by atoms with Crippen LogP contribution in [0.25, 0.3) is 0 Å². The number of aromatic hydroxyl groups is 1. The Morgan fingerprint density at radius 3 is 2.81 bits per heavy atom. The Bertz CT molecular complexity index is 977. The van der Waals surface area contributed by atoms with Crippen LogP contribution in [0.5, 0.6) is 11.5 Å². The third-order valence-corrected chi connectivity index (χ3v) is 3.92. The summed E-state index contributed by atoms with van der Waals surface area (Å²) >= 11 is 5.22. The normalized spacial score (nSPS) is 10.9. The molecule has 2 N–H and O–H groups in total. The van der Waals surface area contributed by atoms with E-state index in [9.17, 15) is 5.11 Å². The molecule has 0 unspecified atom stereocenters. The minimum absolute atomic E-state index is 0.174. The molecule has 0 saturated heterocycles. The van der Waals surface area contributed by atoms with Crippen LogP contribution in [0.2, 0.25) is 0 Å². The molecule has 0 aliphatic heterocycles. The highest BCUT2D eigenvalue weighted by Gasteiger charge is 2.08. The molecule has 2 aromatic carbocycles. The van der Waals surface area contributed by atoms with E-state index in [1.807, 2.05) is 42.5 Å². The molecule has 6 nitrogen and oxygen atoms in total. The van der Waals surface area contributed by atoms with Crippen molar-refractivity contribution < 1.29 is 9.84 Å². The highest BCUT2D eigenvalue weighted by atomic mass is 32.1. The summed E-state index contributed by atoms with van der Waals surface area (Å²) in [7, 11) is 0. The second-order valence-corrected chi connectivity index (χ2v) is 5.84. The number of hydrogen-bond acceptors (Lipinski definition) is 5. The van der Waals surface area contributed by atoms with Gasteiger partial charge in [0.25, 0.3) is 0 Å². The number of phenols is 1. The number of nitrogens with zero attached hydrogens (tertiary/aromatic N) is 3. The predicted molar refractivity (Wildman–Crippen MR) is 103 cm³/mol. The van der Waals surface area contributed by atoms with E-state index in [1.54, 1.807) is 18.4 Å². The van der Waals surface area contributed by atoms with Crippen molar-refractivity contribution in [2.24, 2.45) is 5.10 Å². The maximum absolute atomic E-state index is 10.3. The van der Waals surface area contributed by atoms with Gasteiger partial charge >= 0.3 is 0 Å². The van der Waals surface area contributed by atoms with Gasteiger partial charge in [-0.3, -0.25) is 0 Å². The van der Waals surface area contributed by atoms with Crippen molar-refractivity contribution in [3.63, 3.8) is 0 Å². The Morgan fingerprint density at radius 2 is 2.04 bits per heavy atom. The van der Waals surface area contributed by atoms with Gasteiger partial charge in [-0.05, 0) is 42.4 Å². The Balaban J connectivity index is 1.81. The monoisotopic (exact) mass is 366 g/mol. The lowest BCUT2D eigenvalue weighted by atomic mass is 10.1. The van der Waals surface area contributed by atoms with Crippen LogP contribution in [-0.4, -0.2) is 26.2 Å². The average molecular weight is 366 g/mol. The maximum Gasteiger partial charge on any atom is 0.216 e. The Labute approximate surface area is 156 Å². The number of para-hydroxylation sites is 2. The Hall–Kier alpha value is -3.19. The van der Waals surface area contributed by atoms with E-state index >= 15 is 0 Å². The highest BCUT2D eigenvalue weighted by Crippen LogP contribution is 2.21. The molecule has 3 aromatic rings. The first-order chi connectivity index (χ1) is 12.7. The zero-order valence-electron chi connectivity index (χ0n) is 14.0. The third-order valence-electron chi connectivity index (χ3n) is 3.66. The quantitative estimate of drug-likeness (QED) is 0.378. The minimum atomic E-state index is 0.174. The van der Waals surface area contributed by atoms with Gasteiger partial charge in [0, 0.05) is 5.56 Å². The molecule has 26 heavy (non-hydrogen) atoms. The Morgan fingerprint density at radius 1 is 1.23 bits per heavy atom. The van der Waals surface area contributed by atoms with Crippen molar-refractivity contribution in [1.82, 2.24) is 14.9 Å². The summed E-state index contributed by atoms with van der Waals surface area (Å²) in [4.78, 5) is 0. The molecule has 132 valence electrons. The maximum atomic E-state index is 10.3. The lowest BCUT2D eigenvalue weighted by molar-refractivity contribution is 0.290. The smallest absolute Gasteiger partial charge is 0.216 e. The topological polar surface area (TPSA) is 75.4 Å². The van der Waals surface area contributed by atoms with Crippen molar-refractivity contribution in [3.05, 3.63) is 82.9 Å². The third kappa shape index (κ3) is 4.07. The number of aromatic nitrogens is 3. The first kappa shape index (κ1) is 17.6. The molecule has 0 atom stereocenters. The number of phenolic OH excluding ortho intramolecular Hbond substituents is 1. The van der Waals surface area contributed by atoms with Crippen molar-refractivity contribution in [2.75, 3.05) is 0 Å². The van der Waals surface area contributed by atoms with Crippen LogP contribution in [0.1, 0.15) is 17.0 Å². The van der Waals surface area contributed by atoms with E-state index < -0.39 is 0 Å². The second-order valence-electron chi connectivity index (χ2n) is 5.45. The van der Waals surface area contributed by atoms with Crippen LogP contribution in [0.4, 0.5) is 0 Å². The van der Waals surface area contributed by atoms with E-state index in [0.29, 0.717) is 22.6 Å². The number of aromatic amines is 1. The number of H-pyrrole nitrogens is 1. The lowest BCUT2D eigenvalue weighted by Crippen LogP contribution is -2.04. The molecule has 0 bridgehead atoms. The van der Waals surface area contributed by atoms with Gasteiger partial charge in [0.1, 0.15) is 18.1 Å². The fourth-order valence-corrected chi connectivity index (χ4v) is 2.56. The van der Waals surface area contributed by atoms with Crippen LogP contribution in [-0.2, 0) is 13.0 Å². The van der Waals surface area contributed by atoms with Gasteiger partial charge in [0.2, 0.25) is 4.77 Å². The van der Waals surface area contributed by atoms with E-state index in [-0.39, 0.29) is 12.4 Å². The number of ether oxygens (including phenoxy) is 1. The number of nitrogens with one attached hydrogen (secondary N) is 1. The zero-order chi connectivity index (χ0) is 18.4. The number of rotatable bonds is 7.